The van der Waals surface area contributed by atoms with Gasteiger partial charge in [-0.3, -0.25) is 4.79 Å². The fraction of sp³-hybridized carbons (Fsp3) is 0.458. The van der Waals surface area contributed by atoms with Gasteiger partial charge in [-0.1, -0.05) is 37.6 Å². The lowest BCUT2D eigenvalue weighted by molar-refractivity contribution is -0.121. The number of benzene rings is 2. The first kappa shape index (κ1) is 22.0. The molecule has 1 amide bonds. The molecule has 2 aromatic rings. The maximum Gasteiger partial charge on any atom is 0.233 e. The van der Waals surface area contributed by atoms with E-state index in [2.05, 4.69) is 48.3 Å². The summed E-state index contributed by atoms with van der Waals surface area (Å²) in [4.78, 5) is 16.3. The van der Waals surface area contributed by atoms with Crippen molar-refractivity contribution in [3.8, 4) is 0 Å². The summed E-state index contributed by atoms with van der Waals surface area (Å²) in [5.41, 5.74) is 2.42. The second-order valence-corrected chi connectivity index (χ2v) is 9.67. The van der Waals surface area contributed by atoms with Gasteiger partial charge in [0.2, 0.25) is 5.91 Å². The van der Waals surface area contributed by atoms with Gasteiger partial charge in [-0.25, -0.2) is 0 Å². The van der Waals surface area contributed by atoms with E-state index in [1.807, 2.05) is 31.2 Å². The number of thioether (sulfide) groups is 1. The first-order valence-corrected chi connectivity index (χ1v) is 11.8. The molecule has 0 spiro atoms. The van der Waals surface area contributed by atoms with Crippen LogP contribution in [0.2, 0.25) is 5.02 Å². The monoisotopic (exact) mass is 430 g/mol. The van der Waals surface area contributed by atoms with E-state index in [4.69, 9.17) is 11.6 Å². The van der Waals surface area contributed by atoms with Crippen LogP contribution in [0.1, 0.15) is 51.6 Å². The molecule has 3 nitrogen and oxygen atoms in total. The molecule has 0 bridgehead atoms. The van der Waals surface area contributed by atoms with E-state index in [0.29, 0.717) is 5.02 Å². The highest BCUT2D eigenvalue weighted by Gasteiger charge is 2.21. The van der Waals surface area contributed by atoms with E-state index in [9.17, 15) is 4.79 Å². The lowest BCUT2D eigenvalue weighted by atomic mass is 9.98. The Morgan fingerprint density at radius 3 is 2.34 bits per heavy atom. The molecule has 0 aliphatic carbocycles. The van der Waals surface area contributed by atoms with Gasteiger partial charge in [-0.15, -0.1) is 11.8 Å². The summed E-state index contributed by atoms with van der Waals surface area (Å²) >= 11 is 7.54. The maximum absolute atomic E-state index is 12.8. The van der Waals surface area contributed by atoms with Crippen LogP contribution in [-0.2, 0) is 4.79 Å². The number of carbonyl (C=O) groups is 1. The smallest absolute Gasteiger partial charge is 0.233 e. The molecule has 2 aromatic carbocycles. The fourth-order valence-corrected chi connectivity index (χ4v) is 4.72. The van der Waals surface area contributed by atoms with Gasteiger partial charge in [-0.05, 0) is 74.1 Å². The Hall–Kier alpha value is -1.65. The van der Waals surface area contributed by atoms with Crippen LogP contribution in [-0.4, -0.2) is 24.2 Å². The van der Waals surface area contributed by atoms with Gasteiger partial charge in [0.1, 0.15) is 0 Å². The molecule has 1 saturated heterocycles. The molecular formula is C24H31ClN2OS. The minimum atomic E-state index is -0.117. The Bertz CT molecular complexity index is 786. The normalized spacial score (nSPS) is 17.0. The summed E-state index contributed by atoms with van der Waals surface area (Å²) in [5, 5.41) is 3.78. The molecule has 0 radical (unpaired) electrons. The van der Waals surface area contributed by atoms with Gasteiger partial charge in [0.15, 0.2) is 0 Å². The Kier molecular flexibility index (Phi) is 7.91. The van der Waals surface area contributed by atoms with Crippen LogP contribution < -0.4 is 10.2 Å². The molecule has 0 aromatic heterocycles. The summed E-state index contributed by atoms with van der Waals surface area (Å²) in [6, 6.07) is 16.3. The third-order valence-corrected chi connectivity index (χ3v) is 7.28. The van der Waals surface area contributed by atoms with Crippen LogP contribution in [0, 0.1) is 5.92 Å². The lowest BCUT2D eigenvalue weighted by Crippen LogP contribution is -2.34. The first-order valence-electron chi connectivity index (χ1n) is 10.5. The Morgan fingerprint density at radius 2 is 1.76 bits per heavy atom. The highest BCUT2D eigenvalue weighted by Crippen LogP contribution is 2.28. The number of hydrogen-bond donors (Lipinski definition) is 1. The first-order chi connectivity index (χ1) is 14.0. The zero-order chi connectivity index (χ0) is 20.8. The van der Waals surface area contributed by atoms with Crippen LogP contribution in [0.4, 0.5) is 5.69 Å². The molecule has 1 aliphatic rings. The van der Waals surface area contributed by atoms with Crippen molar-refractivity contribution in [2.24, 2.45) is 5.92 Å². The average molecular weight is 431 g/mol. The predicted octanol–water partition coefficient (Wildman–Crippen LogP) is 6.32. The number of nitrogens with zero attached hydrogens (tertiary/aromatic N) is 1. The quantitative estimate of drug-likeness (QED) is 0.521. The Labute approximate surface area is 184 Å². The summed E-state index contributed by atoms with van der Waals surface area (Å²) in [7, 11) is 0. The van der Waals surface area contributed by atoms with Gasteiger partial charge < -0.3 is 10.2 Å². The second-order valence-electron chi connectivity index (χ2n) is 7.96. The molecule has 29 heavy (non-hydrogen) atoms. The predicted molar refractivity (Wildman–Crippen MR) is 125 cm³/mol. The number of anilines is 1. The van der Waals surface area contributed by atoms with Gasteiger partial charge in [0, 0.05) is 28.7 Å². The number of rotatable bonds is 7. The SMILES string of the molecule is CCC(Sc1ccc(Cl)cc1)C(=O)NC(C)c1ccc(N2CCC(C)CC2)cc1. The number of hydrogen-bond acceptors (Lipinski definition) is 3. The van der Waals surface area contributed by atoms with Crippen LogP contribution in [0.25, 0.3) is 0 Å². The van der Waals surface area contributed by atoms with Gasteiger partial charge >= 0.3 is 0 Å². The van der Waals surface area contributed by atoms with Crippen molar-refractivity contribution in [2.75, 3.05) is 18.0 Å². The number of amides is 1. The molecule has 5 heteroatoms. The van der Waals surface area contributed by atoms with Crippen molar-refractivity contribution in [3.63, 3.8) is 0 Å². The zero-order valence-electron chi connectivity index (χ0n) is 17.5. The zero-order valence-corrected chi connectivity index (χ0v) is 19.1. The maximum atomic E-state index is 12.8. The standard InChI is InChI=1S/C24H31ClN2OS/c1-4-23(29-22-11-7-20(25)8-12-22)24(28)26-18(3)19-5-9-21(10-6-19)27-15-13-17(2)14-16-27/h5-12,17-18,23H,4,13-16H2,1-3H3,(H,26,28). The van der Waals surface area contributed by atoms with E-state index < -0.39 is 0 Å². The van der Waals surface area contributed by atoms with E-state index in [0.717, 1.165) is 35.9 Å². The van der Waals surface area contributed by atoms with Crippen LogP contribution in [0.3, 0.4) is 0 Å². The average Bonchev–Trinajstić information content (AvgIpc) is 2.74. The second kappa shape index (κ2) is 10.4. The van der Waals surface area contributed by atoms with Crippen molar-refractivity contribution < 1.29 is 4.79 Å². The van der Waals surface area contributed by atoms with Crippen LogP contribution >= 0.6 is 23.4 Å². The third kappa shape index (κ3) is 6.16. The largest absolute Gasteiger partial charge is 0.372 e. The molecule has 2 atom stereocenters. The number of halogens is 1. The molecule has 0 saturated carbocycles. The minimum Gasteiger partial charge on any atom is -0.372 e. The van der Waals surface area contributed by atoms with Crippen molar-refractivity contribution in [1.29, 1.82) is 0 Å². The van der Waals surface area contributed by atoms with Crippen molar-refractivity contribution >= 4 is 35.0 Å². The van der Waals surface area contributed by atoms with Crippen molar-refractivity contribution in [1.82, 2.24) is 5.32 Å². The molecule has 156 valence electrons. The summed E-state index contributed by atoms with van der Waals surface area (Å²) in [6.07, 6.45) is 3.30. The number of piperidine rings is 1. The number of nitrogens with one attached hydrogen (secondary N) is 1. The van der Waals surface area contributed by atoms with Crippen LogP contribution in [0.15, 0.2) is 53.4 Å². The topological polar surface area (TPSA) is 32.3 Å². The third-order valence-electron chi connectivity index (χ3n) is 5.66. The fourth-order valence-electron chi connectivity index (χ4n) is 3.63. The van der Waals surface area contributed by atoms with Gasteiger partial charge in [0.05, 0.1) is 11.3 Å². The Balaban J connectivity index is 1.57. The molecule has 3 rings (SSSR count). The molecular weight excluding hydrogens is 400 g/mol. The molecule has 2 unspecified atom stereocenters. The lowest BCUT2D eigenvalue weighted by Gasteiger charge is -2.32. The van der Waals surface area contributed by atoms with E-state index >= 15 is 0 Å². The van der Waals surface area contributed by atoms with Crippen molar-refractivity contribution in [2.45, 2.75) is 56.2 Å². The summed E-state index contributed by atoms with van der Waals surface area (Å²) in [5.74, 6) is 0.909. The van der Waals surface area contributed by atoms with E-state index in [1.165, 1.54) is 18.5 Å². The highest BCUT2D eigenvalue weighted by molar-refractivity contribution is 8.00. The summed E-state index contributed by atoms with van der Waals surface area (Å²) < 4.78 is 0. The van der Waals surface area contributed by atoms with Gasteiger partial charge in [0.25, 0.3) is 0 Å². The summed E-state index contributed by atoms with van der Waals surface area (Å²) in [6.45, 7) is 8.70. The van der Waals surface area contributed by atoms with E-state index in [-0.39, 0.29) is 17.2 Å². The van der Waals surface area contributed by atoms with Crippen molar-refractivity contribution in [3.05, 3.63) is 59.1 Å². The molecule has 1 fully saturated rings. The van der Waals surface area contributed by atoms with E-state index in [1.54, 1.807) is 11.8 Å². The molecule has 1 heterocycles. The molecule has 1 N–H and O–H groups in total. The number of carbonyl (C=O) groups excluding carboxylic acids is 1. The van der Waals surface area contributed by atoms with Crippen LogP contribution in [0.5, 0.6) is 0 Å². The highest BCUT2D eigenvalue weighted by atomic mass is 35.5. The molecule has 1 aliphatic heterocycles. The minimum absolute atomic E-state index is 0.0159. The Morgan fingerprint density at radius 1 is 1.14 bits per heavy atom. The van der Waals surface area contributed by atoms with Gasteiger partial charge in [-0.2, -0.15) is 0 Å².